The number of allylic oxidation sites excluding steroid dienone is 4. The van der Waals surface area contributed by atoms with Crippen LogP contribution >= 0.6 is 0 Å². The summed E-state index contributed by atoms with van der Waals surface area (Å²) in [6, 6.07) is 0. The van der Waals surface area contributed by atoms with Gasteiger partial charge in [0.25, 0.3) is 0 Å². The number of amides is 1. The van der Waals surface area contributed by atoms with Crippen LogP contribution in [-0.2, 0) is 29.2 Å². The first kappa shape index (κ1) is 23.5. The molecule has 5 aliphatic rings. The molecule has 0 radical (unpaired) electrons. The Kier molecular flexibility index (Phi) is 5.61. The lowest BCUT2D eigenvalue weighted by Crippen LogP contribution is -2.60. The van der Waals surface area contributed by atoms with Crippen LogP contribution in [0.5, 0.6) is 0 Å². The number of sulfonamides is 1. The smallest absolute Gasteiger partial charge is 0.309 e. The molecule has 0 aromatic heterocycles. The average molecular weight is 490 g/mol. The van der Waals surface area contributed by atoms with Crippen molar-refractivity contribution in [2.75, 3.05) is 6.26 Å². The summed E-state index contributed by atoms with van der Waals surface area (Å²) < 4.78 is 25.6. The summed E-state index contributed by atoms with van der Waals surface area (Å²) in [5, 5.41) is 10.3. The van der Waals surface area contributed by atoms with Gasteiger partial charge in [0.1, 0.15) is 0 Å². The summed E-state index contributed by atoms with van der Waals surface area (Å²) >= 11 is 0. The molecule has 184 valence electrons. The number of carbonyl (C=O) groups excluding carboxylic acids is 3. The van der Waals surface area contributed by atoms with E-state index in [2.05, 4.69) is 4.72 Å². The minimum absolute atomic E-state index is 0.0585. The van der Waals surface area contributed by atoms with E-state index in [0.717, 1.165) is 24.7 Å². The molecule has 0 bridgehead atoms. The molecule has 0 aliphatic heterocycles. The van der Waals surface area contributed by atoms with Gasteiger partial charge in [-0.25, -0.2) is 8.42 Å². The van der Waals surface area contributed by atoms with E-state index in [-0.39, 0.29) is 35.2 Å². The molecule has 3 saturated carbocycles. The second-order valence-electron chi connectivity index (χ2n) is 11.0. The van der Waals surface area contributed by atoms with Crippen LogP contribution in [0, 0.1) is 46.8 Å². The fourth-order valence-corrected chi connectivity index (χ4v) is 8.61. The topological polar surface area (TPSA) is 135 Å². The molecule has 34 heavy (non-hydrogen) atoms. The van der Waals surface area contributed by atoms with E-state index in [0.29, 0.717) is 38.5 Å². The monoisotopic (exact) mass is 489 g/mol. The van der Waals surface area contributed by atoms with Gasteiger partial charge in [-0.2, -0.15) is 0 Å². The van der Waals surface area contributed by atoms with Crippen molar-refractivity contribution >= 4 is 33.5 Å². The summed E-state index contributed by atoms with van der Waals surface area (Å²) in [5.41, 5.74) is -0.143. The zero-order valence-corrected chi connectivity index (χ0v) is 20.1. The van der Waals surface area contributed by atoms with Gasteiger partial charge in [-0.15, -0.1) is 0 Å². The van der Waals surface area contributed by atoms with Gasteiger partial charge in [0.2, 0.25) is 15.9 Å². The maximum atomic E-state index is 13.7. The Balaban J connectivity index is 1.56. The second-order valence-corrected chi connectivity index (χ2v) is 12.7. The van der Waals surface area contributed by atoms with E-state index in [4.69, 9.17) is 0 Å². The average Bonchev–Trinajstić information content (AvgIpc) is 2.76. The molecule has 0 spiro atoms. The van der Waals surface area contributed by atoms with Crippen molar-refractivity contribution in [2.24, 2.45) is 46.8 Å². The molecule has 0 saturated heterocycles. The molecule has 8 unspecified atom stereocenters. The molecule has 5 aliphatic carbocycles. The van der Waals surface area contributed by atoms with Crippen molar-refractivity contribution in [1.82, 2.24) is 4.72 Å². The van der Waals surface area contributed by atoms with Crippen molar-refractivity contribution in [3.05, 3.63) is 23.8 Å². The maximum absolute atomic E-state index is 13.7. The molecule has 9 heteroatoms. The molecular weight excluding hydrogens is 458 g/mol. The number of rotatable bonds is 3. The van der Waals surface area contributed by atoms with Crippen molar-refractivity contribution < 1.29 is 32.7 Å². The molecule has 8 nitrogen and oxygen atoms in total. The Bertz CT molecular complexity index is 1120. The standard InChI is InChI=1S/C25H31NO7S/c1-34(32,33)26-23(29)18-3-2-9-25(24(30)31)10-8-17-16-6-4-13-11-14(27)5-7-15(13)19(16)12-20(28)21(17)22(18)25/h5,7,12-13,15-18,21-22H,2-4,6,8-11H2,1H3,(H,26,29)(H,30,31). The first-order valence-corrected chi connectivity index (χ1v) is 14.1. The Hall–Kier alpha value is -2.29. The zero-order chi connectivity index (χ0) is 24.4. The first-order valence-electron chi connectivity index (χ1n) is 12.2. The highest BCUT2D eigenvalue weighted by Gasteiger charge is 2.63. The van der Waals surface area contributed by atoms with E-state index in [1.54, 1.807) is 12.2 Å². The van der Waals surface area contributed by atoms with Gasteiger partial charge < -0.3 is 5.11 Å². The fraction of sp³-hybridized carbons (Fsp3) is 0.680. The third-order valence-electron chi connectivity index (χ3n) is 9.31. The molecule has 1 amide bonds. The molecule has 2 N–H and O–H groups in total. The van der Waals surface area contributed by atoms with Crippen LogP contribution in [0.4, 0.5) is 0 Å². The number of nitrogens with one attached hydrogen (secondary N) is 1. The number of hydrogen-bond acceptors (Lipinski definition) is 6. The summed E-state index contributed by atoms with van der Waals surface area (Å²) in [5.74, 6) is -3.58. The Morgan fingerprint density at radius 3 is 2.59 bits per heavy atom. The van der Waals surface area contributed by atoms with Crippen LogP contribution in [0.15, 0.2) is 23.8 Å². The normalized spacial score (nSPS) is 41.3. The van der Waals surface area contributed by atoms with Gasteiger partial charge in [-0.05, 0) is 74.3 Å². The number of carboxylic acids is 1. The van der Waals surface area contributed by atoms with E-state index in [1.807, 2.05) is 6.08 Å². The number of fused-ring (bicyclic) bond motifs is 7. The molecular formula is C25H31NO7S. The Morgan fingerprint density at radius 1 is 1.12 bits per heavy atom. The van der Waals surface area contributed by atoms with Crippen molar-refractivity contribution in [2.45, 2.75) is 51.4 Å². The van der Waals surface area contributed by atoms with Crippen molar-refractivity contribution in [3.8, 4) is 0 Å². The van der Waals surface area contributed by atoms with Crippen LogP contribution < -0.4 is 4.72 Å². The lowest BCUT2D eigenvalue weighted by atomic mass is 9.45. The van der Waals surface area contributed by atoms with Gasteiger partial charge in [0.05, 0.1) is 11.7 Å². The number of carbonyl (C=O) groups is 4. The minimum atomic E-state index is -3.81. The SMILES string of the molecule is CS(=O)(=O)NC(=O)C1CCCC2(C(=O)O)CCC3C4CCC5CC(=O)C=CC5C4=CC(=O)C3C12. The third kappa shape index (κ3) is 3.67. The van der Waals surface area contributed by atoms with Crippen LogP contribution in [0.25, 0.3) is 0 Å². The predicted molar refractivity (Wildman–Crippen MR) is 122 cm³/mol. The van der Waals surface area contributed by atoms with Crippen LogP contribution in [0.1, 0.15) is 51.4 Å². The fourth-order valence-electron chi connectivity index (χ4n) is 8.09. The molecule has 5 rings (SSSR count). The first-order chi connectivity index (χ1) is 16.0. The number of carboxylic acid groups (broad SMARTS) is 1. The van der Waals surface area contributed by atoms with Gasteiger partial charge >= 0.3 is 5.97 Å². The highest BCUT2D eigenvalue weighted by atomic mass is 32.2. The van der Waals surface area contributed by atoms with Crippen molar-refractivity contribution in [3.63, 3.8) is 0 Å². The number of hydrogen-bond donors (Lipinski definition) is 2. The molecule has 0 aromatic carbocycles. The lowest BCUT2D eigenvalue weighted by molar-refractivity contribution is -0.173. The van der Waals surface area contributed by atoms with E-state index in [9.17, 15) is 32.7 Å². The third-order valence-corrected chi connectivity index (χ3v) is 9.88. The van der Waals surface area contributed by atoms with E-state index >= 15 is 0 Å². The lowest BCUT2D eigenvalue weighted by Gasteiger charge is -2.57. The van der Waals surface area contributed by atoms with Crippen LogP contribution in [-0.4, -0.2) is 43.2 Å². The highest BCUT2D eigenvalue weighted by molar-refractivity contribution is 7.89. The molecule has 0 aromatic rings. The van der Waals surface area contributed by atoms with E-state index in [1.165, 1.54) is 0 Å². The van der Waals surface area contributed by atoms with E-state index < -0.39 is 45.1 Å². The van der Waals surface area contributed by atoms with Crippen LogP contribution in [0.3, 0.4) is 0 Å². The quantitative estimate of drug-likeness (QED) is 0.621. The summed E-state index contributed by atoms with van der Waals surface area (Å²) in [6.45, 7) is 0. The number of aliphatic carboxylic acids is 1. The van der Waals surface area contributed by atoms with Crippen LogP contribution in [0.2, 0.25) is 0 Å². The zero-order valence-electron chi connectivity index (χ0n) is 19.2. The molecule has 8 atom stereocenters. The predicted octanol–water partition coefficient (Wildman–Crippen LogP) is 2.26. The maximum Gasteiger partial charge on any atom is 0.309 e. The highest BCUT2D eigenvalue weighted by Crippen LogP contribution is 2.62. The van der Waals surface area contributed by atoms with Crippen molar-refractivity contribution in [1.29, 1.82) is 0 Å². The Labute approximate surface area is 199 Å². The largest absolute Gasteiger partial charge is 0.481 e. The number of ketones is 2. The summed E-state index contributed by atoms with van der Waals surface area (Å²) in [6.07, 6.45) is 10.6. The van der Waals surface area contributed by atoms with Gasteiger partial charge in [0.15, 0.2) is 11.6 Å². The summed E-state index contributed by atoms with van der Waals surface area (Å²) in [4.78, 5) is 51.3. The second kappa shape index (κ2) is 8.14. The molecule has 3 fully saturated rings. The molecule has 0 heterocycles. The van der Waals surface area contributed by atoms with Gasteiger partial charge in [-0.3, -0.25) is 23.9 Å². The van der Waals surface area contributed by atoms with Gasteiger partial charge in [0, 0.05) is 24.2 Å². The minimum Gasteiger partial charge on any atom is -0.481 e. The summed E-state index contributed by atoms with van der Waals surface area (Å²) in [7, 11) is -3.81. The Morgan fingerprint density at radius 2 is 1.88 bits per heavy atom. The van der Waals surface area contributed by atoms with Gasteiger partial charge in [-0.1, -0.05) is 18.1 Å².